The molecule has 3 nitrogen and oxygen atoms in total. The Morgan fingerprint density at radius 1 is 1.05 bits per heavy atom. The number of rotatable bonds is 5. The maximum Gasteiger partial charge on any atom is 0.200 e. The summed E-state index contributed by atoms with van der Waals surface area (Å²) in [4.78, 5) is 22.9. The Bertz CT molecular complexity index is 632. The number of hydrogen-bond donors (Lipinski definition) is 0. The minimum Gasteiger partial charge on any atom is -0.485 e. The minimum atomic E-state index is -0.457. The highest BCUT2D eigenvalue weighted by Gasteiger charge is 2.08. The molecule has 0 fully saturated rings. The molecule has 0 aromatic heterocycles. The summed E-state index contributed by atoms with van der Waals surface area (Å²) in [6.45, 7) is 1.30. The molecule has 2 rings (SSSR count). The monoisotopic (exact) mass is 272 g/mol. The van der Waals surface area contributed by atoms with Gasteiger partial charge in [-0.3, -0.25) is 9.59 Å². The van der Waals surface area contributed by atoms with E-state index < -0.39 is 5.82 Å². The largest absolute Gasteiger partial charge is 0.485 e. The van der Waals surface area contributed by atoms with Gasteiger partial charge in [-0.1, -0.05) is 12.1 Å². The number of carbonyl (C=O) groups is 2. The third kappa shape index (κ3) is 3.51. The van der Waals surface area contributed by atoms with Crippen LogP contribution in [0.5, 0.6) is 5.75 Å². The fraction of sp³-hybridized carbons (Fsp3) is 0.125. The van der Waals surface area contributed by atoms with Gasteiger partial charge in [0.15, 0.2) is 18.2 Å². The molecule has 0 heterocycles. The summed E-state index contributed by atoms with van der Waals surface area (Å²) in [5.74, 6) is -0.311. The average molecular weight is 272 g/mol. The first-order valence-corrected chi connectivity index (χ1v) is 6.09. The van der Waals surface area contributed by atoms with Crippen LogP contribution in [0.4, 0.5) is 4.39 Å². The van der Waals surface area contributed by atoms with Crippen LogP contribution in [0, 0.1) is 5.82 Å². The lowest BCUT2D eigenvalue weighted by molar-refractivity contribution is 0.0920. The van der Waals surface area contributed by atoms with Crippen molar-refractivity contribution in [3.05, 3.63) is 65.5 Å². The van der Waals surface area contributed by atoms with Crippen molar-refractivity contribution in [1.29, 1.82) is 0 Å². The summed E-state index contributed by atoms with van der Waals surface area (Å²) in [5, 5.41) is 0. The molecule has 20 heavy (non-hydrogen) atoms. The highest BCUT2D eigenvalue weighted by Crippen LogP contribution is 2.13. The number of halogens is 1. The Kier molecular flexibility index (Phi) is 4.25. The van der Waals surface area contributed by atoms with E-state index in [9.17, 15) is 14.0 Å². The zero-order valence-corrected chi connectivity index (χ0v) is 10.9. The van der Waals surface area contributed by atoms with Gasteiger partial charge in [-0.25, -0.2) is 4.39 Å². The molecule has 0 unspecified atom stereocenters. The first-order valence-electron chi connectivity index (χ1n) is 6.09. The maximum absolute atomic E-state index is 13.0. The van der Waals surface area contributed by atoms with E-state index in [0.717, 1.165) is 0 Å². The fourth-order valence-corrected chi connectivity index (χ4v) is 1.68. The summed E-state index contributed by atoms with van der Waals surface area (Å²) < 4.78 is 18.3. The molecule has 2 aromatic rings. The molecular weight excluding hydrogens is 259 g/mol. The van der Waals surface area contributed by atoms with Gasteiger partial charge in [0.1, 0.15) is 11.6 Å². The zero-order valence-electron chi connectivity index (χ0n) is 10.9. The fourth-order valence-electron chi connectivity index (χ4n) is 1.68. The smallest absolute Gasteiger partial charge is 0.200 e. The average Bonchev–Trinajstić information content (AvgIpc) is 2.45. The maximum atomic E-state index is 13.0. The van der Waals surface area contributed by atoms with Crippen LogP contribution >= 0.6 is 0 Å². The molecule has 0 bridgehead atoms. The Balaban J connectivity index is 1.98. The number of carbonyl (C=O) groups excluding carboxylic acids is 2. The Hall–Kier alpha value is -2.49. The Morgan fingerprint density at radius 3 is 2.35 bits per heavy atom. The normalized spacial score (nSPS) is 10.1. The van der Waals surface area contributed by atoms with E-state index in [2.05, 4.69) is 0 Å². The lowest BCUT2D eigenvalue weighted by Crippen LogP contribution is -2.11. The molecule has 4 heteroatoms. The van der Waals surface area contributed by atoms with Crippen LogP contribution in [0.3, 0.4) is 0 Å². The molecule has 0 N–H and O–H groups in total. The van der Waals surface area contributed by atoms with Crippen molar-refractivity contribution < 1.29 is 18.7 Å². The summed E-state index contributed by atoms with van der Waals surface area (Å²) in [5.41, 5.74) is 0.846. The molecule has 102 valence electrons. The first-order chi connectivity index (χ1) is 9.56. The van der Waals surface area contributed by atoms with Gasteiger partial charge in [-0.15, -0.1) is 0 Å². The number of hydrogen-bond acceptors (Lipinski definition) is 3. The van der Waals surface area contributed by atoms with E-state index >= 15 is 0 Å². The molecule has 0 saturated heterocycles. The molecule has 0 aliphatic carbocycles. The van der Waals surface area contributed by atoms with Crippen LogP contribution < -0.4 is 4.74 Å². The molecule has 0 aliphatic rings. The van der Waals surface area contributed by atoms with E-state index in [-0.39, 0.29) is 23.7 Å². The van der Waals surface area contributed by atoms with Crippen LogP contribution in [-0.4, -0.2) is 18.2 Å². The van der Waals surface area contributed by atoms with E-state index in [1.165, 1.54) is 31.2 Å². The molecular formula is C16H13FO3. The van der Waals surface area contributed by atoms with Crippen LogP contribution in [0.15, 0.2) is 48.5 Å². The van der Waals surface area contributed by atoms with Crippen molar-refractivity contribution >= 4 is 11.6 Å². The number of benzene rings is 2. The van der Waals surface area contributed by atoms with Gasteiger partial charge in [0, 0.05) is 11.1 Å². The van der Waals surface area contributed by atoms with Crippen molar-refractivity contribution in [2.24, 2.45) is 0 Å². The third-order valence-electron chi connectivity index (χ3n) is 2.78. The number of Topliss-reactive ketones (excluding diaryl/α,β-unsaturated/α-hetero) is 2. The molecule has 0 aliphatic heterocycles. The lowest BCUT2D eigenvalue weighted by Gasteiger charge is -2.06. The lowest BCUT2D eigenvalue weighted by atomic mass is 10.1. The number of ketones is 2. The molecule has 0 atom stereocenters. The van der Waals surface area contributed by atoms with Gasteiger partial charge >= 0.3 is 0 Å². The summed E-state index contributed by atoms with van der Waals surface area (Å²) >= 11 is 0. The molecule has 0 saturated carbocycles. The van der Waals surface area contributed by atoms with Gasteiger partial charge in [-0.05, 0) is 43.3 Å². The third-order valence-corrected chi connectivity index (χ3v) is 2.78. The molecule has 0 spiro atoms. The van der Waals surface area contributed by atoms with Crippen molar-refractivity contribution in [2.45, 2.75) is 6.92 Å². The topological polar surface area (TPSA) is 43.4 Å². The minimum absolute atomic E-state index is 0.0348. The van der Waals surface area contributed by atoms with E-state index in [0.29, 0.717) is 11.3 Å². The van der Waals surface area contributed by atoms with Gasteiger partial charge < -0.3 is 4.74 Å². The van der Waals surface area contributed by atoms with E-state index in [4.69, 9.17) is 4.74 Å². The van der Waals surface area contributed by atoms with E-state index in [1.54, 1.807) is 24.3 Å². The second-order valence-electron chi connectivity index (χ2n) is 4.30. The van der Waals surface area contributed by atoms with Crippen LogP contribution in [0.2, 0.25) is 0 Å². The van der Waals surface area contributed by atoms with Crippen molar-refractivity contribution in [2.75, 3.05) is 6.61 Å². The van der Waals surface area contributed by atoms with Gasteiger partial charge in [0.2, 0.25) is 0 Å². The Labute approximate surface area is 116 Å². The molecule has 0 amide bonds. The standard InChI is InChI=1S/C16H13FO3/c1-11(18)12-5-7-15(8-6-12)20-10-16(19)13-3-2-4-14(17)9-13/h2-9H,10H2,1H3. The Morgan fingerprint density at radius 2 is 1.75 bits per heavy atom. The van der Waals surface area contributed by atoms with Gasteiger partial charge in [-0.2, -0.15) is 0 Å². The summed E-state index contributed by atoms with van der Waals surface area (Å²) in [6, 6.07) is 12.0. The predicted octanol–water partition coefficient (Wildman–Crippen LogP) is 3.29. The van der Waals surface area contributed by atoms with Crippen molar-refractivity contribution in [3.8, 4) is 5.75 Å². The second-order valence-corrected chi connectivity index (χ2v) is 4.30. The van der Waals surface area contributed by atoms with Gasteiger partial charge in [0.05, 0.1) is 0 Å². The SMILES string of the molecule is CC(=O)c1ccc(OCC(=O)c2cccc(F)c2)cc1. The second kappa shape index (κ2) is 6.10. The van der Waals surface area contributed by atoms with Crippen molar-refractivity contribution in [1.82, 2.24) is 0 Å². The summed E-state index contributed by atoms with van der Waals surface area (Å²) in [7, 11) is 0. The highest BCUT2D eigenvalue weighted by molar-refractivity contribution is 5.97. The number of ether oxygens (including phenoxy) is 1. The van der Waals surface area contributed by atoms with Crippen LogP contribution in [0.1, 0.15) is 27.6 Å². The van der Waals surface area contributed by atoms with Gasteiger partial charge in [0.25, 0.3) is 0 Å². The summed E-state index contributed by atoms with van der Waals surface area (Å²) in [6.07, 6.45) is 0. The zero-order chi connectivity index (χ0) is 14.5. The molecule has 2 aromatic carbocycles. The van der Waals surface area contributed by atoms with Crippen LogP contribution in [0.25, 0.3) is 0 Å². The van der Waals surface area contributed by atoms with E-state index in [1.807, 2.05) is 0 Å². The van der Waals surface area contributed by atoms with Crippen LogP contribution in [-0.2, 0) is 0 Å². The highest BCUT2D eigenvalue weighted by atomic mass is 19.1. The quantitative estimate of drug-likeness (QED) is 0.784. The first kappa shape index (κ1) is 13.9. The van der Waals surface area contributed by atoms with Crippen molar-refractivity contribution in [3.63, 3.8) is 0 Å². The predicted molar refractivity (Wildman–Crippen MR) is 72.7 cm³/mol. The molecule has 0 radical (unpaired) electrons.